The van der Waals surface area contributed by atoms with E-state index in [0.29, 0.717) is 40.8 Å². The molecular weight excluding hydrogens is 490 g/mol. The summed E-state index contributed by atoms with van der Waals surface area (Å²) in [5, 5.41) is 24.8. The molecule has 2 aromatic heterocycles. The van der Waals surface area contributed by atoms with Gasteiger partial charge in [-0.3, -0.25) is 4.98 Å². The first-order valence-corrected chi connectivity index (χ1v) is 13.5. The number of carboxylic acids is 1. The molecule has 0 radical (unpaired) electrons. The maximum absolute atomic E-state index is 12.4. The van der Waals surface area contributed by atoms with E-state index in [-0.39, 0.29) is 10.5 Å². The fourth-order valence-electron chi connectivity index (χ4n) is 4.50. The maximum atomic E-state index is 12.4. The summed E-state index contributed by atoms with van der Waals surface area (Å²) in [6.07, 6.45) is 1.97. The Hall–Kier alpha value is -4.44. The van der Waals surface area contributed by atoms with Crippen LogP contribution in [0.5, 0.6) is 0 Å². The number of fused-ring (bicyclic) bond motifs is 1. The van der Waals surface area contributed by atoms with Gasteiger partial charge in [0.1, 0.15) is 0 Å². The molecule has 2 N–H and O–H groups in total. The van der Waals surface area contributed by atoms with Gasteiger partial charge < -0.3 is 5.11 Å². The van der Waals surface area contributed by atoms with Gasteiger partial charge in [-0.15, -0.1) is 10.2 Å². The van der Waals surface area contributed by atoms with Crippen molar-refractivity contribution >= 4 is 26.7 Å². The minimum absolute atomic E-state index is 0.0594. The number of nitrogens with one attached hydrogen (secondary N) is 1. The number of benzene rings is 3. The molecule has 0 saturated heterocycles. The molecular formula is C27H23N5O4S. The summed E-state index contributed by atoms with van der Waals surface area (Å²) in [5.41, 5.74) is 5.42. The second-order valence-corrected chi connectivity index (χ2v) is 10.7. The number of aromatic nitrogens is 5. The van der Waals surface area contributed by atoms with E-state index in [1.165, 1.54) is 12.1 Å². The highest BCUT2D eigenvalue weighted by atomic mass is 32.2. The molecule has 0 unspecified atom stereocenters. The van der Waals surface area contributed by atoms with Crippen LogP contribution >= 0.6 is 0 Å². The fourth-order valence-corrected chi connectivity index (χ4v) is 5.15. The third-order valence-corrected chi connectivity index (χ3v) is 7.39. The standard InChI is InChI=1S/C27H23N5O4S/c1-3-23-21(25(27(33)34)22-15-18(37(2,35)36)12-13-24(22)28-23)14-16-8-10-17(11-9-16)19-6-4-5-7-20(19)26-29-31-32-30-26/h4-13,15H,3,14H2,1-2H3,(H,33,34)(H,29,30,31,32). The van der Waals surface area contributed by atoms with Crippen molar-refractivity contribution in [1.82, 2.24) is 25.6 Å². The molecule has 10 heteroatoms. The van der Waals surface area contributed by atoms with E-state index in [9.17, 15) is 18.3 Å². The van der Waals surface area contributed by atoms with Crippen LogP contribution in [0.4, 0.5) is 0 Å². The van der Waals surface area contributed by atoms with Gasteiger partial charge in [0, 0.05) is 29.3 Å². The van der Waals surface area contributed by atoms with Crippen LogP contribution in [-0.4, -0.2) is 51.4 Å². The number of tetrazole rings is 1. The lowest BCUT2D eigenvalue weighted by Gasteiger charge is -2.15. The van der Waals surface area contributed by atoms with E-state index in [0.717, 1.165) is 28.5 Å². The van der Waals surface area contributed by atoms with Crippen LogP contribution in [0, 0.1) is 0 Å². The summed E-state index contributed by atoms with van der Waals surface area (Å²) >= 11 is 0. The van der Waals surface area contributed by atoms with Crippen molar-refractivity contribution < 1.29 is 18.3 Å². The highest BCUT2D eigenvalue weighted by molar-refractivity contribution is 7.90. The predicted molar refractivity (Wildman–Crippen MR) is 139 cm³/mol. The molecule has 3 aromatic carbocycles. The van der Waals surface area contributed by atoms with Crippen LogP contribution in [0.1, 0.15) is 34.1 Å². The van der Waals surface area contributed by atoms with E-state index in [1.54, 1.807) is 6.07 Å². The Labute approximate surface area is 213 Å². The van der Waals surface area contributed by atoms with Crippen LogP contribution < -0.4 is 0 Å². The van der Waals surface area contributed by atoms with Gasteiger partial charge in [-0.25, -0.2) is 13.2 Å². The number of aryl methyl sites for hydroxylation is 1. The van der Waals surface area contributed by atoms with Gasteiger partial charge in [-0.05, 0) is 52.1 Å². The largest absolute Gasteiger partial charge is 0.478 e. The number of carboxylic acid groups (broad SMARTS) is 1. The summed E-state index contributed by atoms with van der Waals surface area (Å²) in [6.45, 7) is 1.92. The summed E-state index contributed by atoms with van der Waals surface area (Å²) in [5.74, 6) is -0.623. The van der Waals surface area contributed by atoms with Crippen LogP contribution in [0.3, 0.4) is 0 Å². The SMILES string of the molecule is CCc1nc2ccc(S(C)(=O)=O)cc2c(C(=O)O)c1Cc1ccc(-c2ccccc2-c2nn[nH]n2)cc1. The number of H-pyrrole nitrogens is 1. The first-order chi connectivity index (χ1) is 17.8. The van der Waals surface area contributed by atoms with Crippen molar-refractivity contribution in [3.05, 3.63) is 89.1 Å². The summed E-state index contributed by atoms with van der Waals surface area (Å²) in [4.78, 5) is 17.2. The minimum atomic E-state index is -3.51. The number of aromatic carboxylic acids is 1. The lowest BCUT2D eigenvalue weighted by atomic mass is 9.92. The topological polar surface area (TPSA) is 139 Å². The van der Waals surface area contributed by atoms with Crippen molar-refractivity contribution in [2.45, 2.75) is 24.7 Å². The average Bonchev–Trinajstić information content (AvgIpc) is 3.42. The van der Waals surface area contributed by atoms with E-state index in [4.69, 9.17) is 0 Å². The van der Waals surface area contributed by atoms with E-state index < -0.39 is 15.8 Å². The highest BCUT2D eigenvalue weighted by Crippen LogP contribution is 2.32. The molecule has 2 heterocycles. The van der Waals surface area contributed by atoms with Crippen molar-refractivity contribution in [2.75, 3.05) is 6.26 Å². The number of sulfone groups is 1. The van der Waals surface area contributed by atoms with Crippen molar-refractivity contribution in [1.29, 1.82) is 0 Å². The summed E-state index contributed by atoms with van der Waals surface area (Å²) in [6, 6.07) is 20.0. The third kappa shape index (κ3) is 4.70. The number of hydrogen-bond donors (Lipinski definition) is 2. The molecule has 0 bridgehead atoms. The first kappa shape index (κ1) is 24.3. The second kappa shape index (κ2) is 9.55. The highest BCUT2D eigenvalue weighted by Gasteiger charge is 2.22. The Bertz CT molecular complexity index is 1730. The molecule has 5 aromatic rings. The van der Waals surface area contributed by atoms with Gasteiger partial charge in [0.2, 0.25) is 5.82 Å². The molecule has 0 spiro atoms. The Morgan fingerprint density at radius 2 is 1.73 bits per heavy atom. The second-order valence-electron chi connectivity index (χ2n) is 8.68. The first-order valence-electron chi connectivity index (χ1n) is 11.6. The fraction of sp³-hybridized carbons (Fsp3) is 0.148. The molecule has 0 fully saturated rings. The molecule has 0 amide bonds. The van der Waals surface area contributed by atoms with E-state index in [1.807, 2.05) is 55.5 Å². The smallest absolute Gasteiger partial charge is 0.336 e. The van der Waals surface area contributed by atoms with Gasteiger partial charge in [-0.2, -0.15) is 5.21 Å². The zero-order valence-electron chi connectivity index (χ0n) is 20.1. The number of nitrogens with zero attached hydrogens (tertiary/aromatic N) is 4. The monoisotopic (exact) mass is 513 g/mol. The van der Waals surface area contributed by atoms with Crippen LogP contribution in [-0.2, 0) is 22.7 Å². The minimum Gasteiger partial charge on any atom is -0.478 e. The molecule has 0 aliphatic carbocycles. The molecule has 0 aliphatic rings. The average molecular weight is 514 g/mol. The lowest BCUT2D eigenvalue weighted by Crippen LogP contribution is -2.11. The zero-order chi connectivity index (χ0) is 26.2. The van der Waals surface area contributed by atoms with Gasteiger partial charge in [0.05, 0.1) is 16.0 Å². The van der Waals surface area contributed by atoms with Crippen LogP contribution in [0.25, 0.3) is 33.4 Å². The molecule has 0 atom stereocenters. The predicted octanol–water partition coefficient (Wildman–Crippen LogP) is 4.34. The molecule has 0 saturated carbocycles. The Morgan fingerprint density at radius 3 is 2.35 bits per heavy atom. The van der Waals surface area contributed by atoms with Crippen molar-refractivity contribution in [2.24, 2.45) is 0 Å². The number of rotatable bonds is 7. The summed E-state index contributed by atoms with van der Waals surface area (Å²) in [7, 11) is -3.51. The Kier molecular flexibility index (Phi) is 6.26. The number of pyridine rings is 1. The van der Waals surface area contributed by atoms with Gasteiger partial charge in [0.15, 0.2) is 9.84 Å². The molecule has 186 valence electrons. The molecule has 5 rings (SSSR count). The van der Waals surface area contributed by atoms with Gasteiger partial charge in [-0.1, -0.05) is 55.5 Å². The quantitative estimate of drug-likeness (QED) is 0.328. The molecule has 37 heavy (non-hydrogen) atoms. The summed E-state index contributed by atoms with van der Waals surface area (Å²) < 4.78 is 24.2. The lowest BCUT2D eigenvalue weighted by molar-refractivity contribution is 0.0697. The number of aromatic amines is 1. The van der Waals surface area contributed by atoms with Gasteiger partial charge >= 0.3 is 5.97 Å². The normalized spacial score (nSPS) is 11.6. The number of carbonyl (C=O) groups is 1. The number of hydrogen-bond acceptors (Lipinski definition) is 7. The van der Waals surface area contributed by atoms with Crippen molar-refractivity contribution in [3.63, 3.8) is 0 Å². The molecule has 9 nitrogen and oxygen atoms in total. The van der Waals surface area contributed by atoms with Gasteiger partial charge in [0.25, 0.3) is 0 Å². The zero-order valence-corrected chi connectivity index (χ0v) is 21.0. The molecule has 0 aliphatic heterocycles. The van der Waals surface area contributed by atoms with Crippen LogP contribution in [0.15, 0.2) is 71.6 Å². The Morgan fingerprint density at radius 1 is 1.00 bits per heavy atom. The van der Waals surface area contributed by atoms with E-state index >= 15 is 0 Å². The Balaban J connectivity index is 1.58. The van der Waals surface area contributed by atoms with Crippen LogP contribution in [0.2, 0.25) is 0 Å². The third-order valence-electron chi connectivity index (χ3n) is 6.28. The van der Waals surface area contributed by atoms with Crippen molar-refractivity contribution in [3.8, 4) is 22.5 Å². The van der Waals surface area contributed by atoms with E-state index in [2.05, 4.69) is 25.6 Å². The maximum Gasteiger partial charge on any atom is 0.336 e.